The summed E-state index contributed by atoms with van der Waals surface area (Å²) in [5.41, 5.74) is 1.70. The van der Waals surface area contributed by atoms with Gasteiger partial charge in [-0.15, -0.1) is 6.58 Å². The Morgan fingerprint density at radius 2 is 1.90 bits per heavy atom. The largest absolute Gasteiger partial charge is 0.483 e. The van der Waals surface area contributed by atoms with Crippen LogP contribution < -0.4 is 9.64 Å². The Morgan fingerprint density at radius 3 is 2.60 bits per heavy atom. The van der Waals surface area contributed by atoms with Crippen molar-refractivity contribution in [2.45, 2.75) is 43.7 Å². The van der Waals surface area contributed by atoms with Gasteiger partial charge in [0.2, 0.25) is 10.0 Å². The van der Waals surface area contributed by atoms with E-state index in [2.05, 4.69) is 18.4 Å². The lowest BCUT2D eigenvalue weighted by Crippen LogP contribution is -2.42. The molecule has 2 aliphatic rings. The van der Waals surface area contributed by atoms with E-state index in [1.54, 1.807) is 12.1 Å². The Kier molecular flexibility index (Phi) is 5.89. The van der Waals surface area contributed by atoms with Gasteiger partial charge in [0.05, 0.1) is 11.7 Å². The molecular formula is C24H30N2O3S. The molecule has 6 heteroatoms. The van der Waals surface area contributed by atoms with Crippen molar-refractivity contribution in [1.82, 2.24) is 4.31 Å². The molecule has 0 aromatic heterocycles. The van der Waals surface area contributed by atoms with Gasteiger partial charge in [-0.1, -0.05) is 49.4 Å². The highest BCUT2D eigenvalue weighted by Gasteiger charge is 2.42. The fraction of sp³-hybridized carbons (Fsp3) is 0.417. The molecule has 3 atom stereocenters. The molecule has 1 unspecified atom stereocenters. The van der Waals surface area contributed by atoms with E-state index < -0.39 is 16.1 Å². The number of piperidine rings is 1. The van der Waals surface area contributed by atoms with Gasteiger partial charge in [0.15, 0.2) is 0 Å². The zero-order chi connectivity index (χ0) is 21.3. The Bertz CT molecular complexity index is 1010. The first-order valence-electron chi connectivity index (χ1n) is 10.7. The van der Waals surface area contributed by atoms with Crippen LogP contribution in [0.5, 0.6) is 5.75 Å². The van der Waals surface area contributed by atoms with Crippen LogP contribution in [0.15, 0.2) is 66.1 Å². The van der Waals surface area contributed by atoms with Gasteiger partial charge in [0, 0.05) is 19.6 Å². The van der Waals surface area contributed by atoms with Crippen molar-refractivity contribution in [3.05, 3.63) is 66.7 Å². The van der Waals surface area contributed by atoms with Gasteiger partial charge < -0.3 is 9.64 Å². The van der Waals surface area contributed by atoms with E-state index in [0.29, 0.717) is 11.7 Å². The molecule has 5 nitrogen and oxygen atoms in total. The number of rotatable bonds is 4. The Labute approximate surface area is 180 Å². The van der Waals surface area contributed by atoms with Crippen LogP contribution in [0.25, 0.3) is 0 Å². The van der Waals surface area contributed by atoms with Crippen LogP contribution in [0.4, 0.5) is 5.69 Å². The fourth-order valence-corrected chi connectivity index (χ4v) is 6.53. The van der Waals surface area contributed by atoms with Crippen LogP contribution in [-0.4, -0.2) is 38.4 Å². The minimum atomic E-state index is -3.77. The fourth-order valence-electron chi connectivity index (χ4n) is 4.62. The van der Waals surface area contributed by atoms with E-state index in [4.69, 9.17) is 4.74 Å². The lowest BCUT2D eigenvalue weighted by Gasteiger charge is -2.34. The Morgan fingerprint density at radius 1 is 1.13 bits per heavy atom. The summed E-state index contributed by atoms with van der Waals surface area (Å²) in [6.07, 6.45) is 3.47. The van der Waals surface area contributed by atoms with Crippen molar-refractivity contribution in [3.8, 4) is 5.75 Å². The molecule has 30 heavy (non-hydrogen) atoms. The number of benzene rings is 2. The van der Waals surface area contributed by atoms with Crippen LogP contribution in [0, 0.1) is 5.92 Å². The average molecular weight is 427 g/mol. The lowest BCUT2D eigenvalue weighted by molar-refractivity contribution is 0.131. The van der Waals surface area contributed by atoms with E-state index in [-0.39, 0.29) is 17.5 Å². The minimum Gasteiger partial charge on any atom is -0.483 e. The van der Waals surface area contributed by atoms with E-state index >= 15 is 0 Å². The second-order valence-electron chi connectivity index (χ2n) is 8.35. The van der Waals surface area contributed by atoms with Crippen LogP contribution in [0.2, 0.25) is 0 Å². The SMILES string of the molecule is C=CCN1[C@@H](C)[C@H](c2ccccc2)Oc2cccc(N3CCCC(C)C3)c2S1(=O)=O. The smallest absolute Gasteiger partial charge is 0.249 e. The van der Waals surface area contributed by atoms with Crippen molar-refractivity contribution in [2.24, 2.45) is 5.92 Å². The molecular weight excluding hydrogens is 396 g/mol. The molecule has 1 saturated heterocycles. The van der Waals surface area contributed by atoms with E-state index in [1.165, 1.54) is 10.7 Å². The van der Waals surface area contributed by atoms with Gasteiger partial charge in [-0.3, -0.25) is 0 Å². The summed E-state index contributed by atoms with van der Waals surface area (Å²) >= 11 is 0. The second kappa shape index (κ2) is 8.44. The second-order valence-corrected chi connectivity index (χ2v) is 10.2. The third-order valence-corrected chi connectivity index (χ3v) is 8.13. The molecule has 0 saturated carbocycles. The monoisotopic (exact) mass is 426 g/mol. The molecule has 2 heterocycles. The Balaban J connectivity index is 1.88. The van der Waals surface area contributed by atoms with Gasteiger partial charge in [0.25, 0.3) is 0 Å². The van der Waals surface area contributed by atoms with Crippen LogP contribution in [0.1, 0.15) is 38.4 Å². The maximum absolute atomic E-state index is 13.9. The molecule has 1 fully saturated rings. The molecule has 2 aromatic carbocycles. The maximum atomic E-state index is 13.9. The number of anilines is 1. The predicted octanol–water partition coefficient (Wildman–Crippen LogP) is 4.62. The summed E-state index contributed by atoms with van der Waals surface area (Å²) in [6, 6.07) is 15.1. The third kappa shape index (κ3) is 3.74. The summed E-state index contributed by atoms with van der Waals surface area (Å²) in [6.45, 7) is 9.88. The summed E-state index contributed by atoms with van der Waals surface area (Å²) in [7, 11) is -3.77. The molecule has 4 rings (SSSR count). The van der Waals surface area contributed by atoms with Crippen molar-refractivity contribution in [1.29, 1.82) is 0 Å². The van der Waals surface area contributed by atoms with Gasteiger partial charge >= 0.3 is 0 Å². The normalized spacial score (nSPS) is 26.3. The number of ether oxygens (including phenoxy) is 1. The van der Waals surface area contributed by atoms with E-state index in [1.807, 2.05) is 49.4 Å². The summed E-state index contributed by atoms with van der Waals surface area (Å²) in [5, 5.41) is 0. The number of hydrogen-bond donors (Lipinski definition) is 0. The number of fused-ring (bicyclic) bond motifs is 1. The molecule has 2 aliphatic heterocycles. The molecule has 0 bridgehead atoms. The topological polar surface area (TPSA) is 49.9 Å². The van der Waals surface area contributed by atoms with Crippen LogP contribution >= 0.6 is 0 Å². The lowest BCUT2D eigenvalue weighted by atomic mass is 9.99. The number of hydrogen-bond acceptors (Lipinski definition) is 4. The molecule has 160 valence electrons. The van der Waals surface area contributed by atoms with Crippen molar-refractivity contribution in [2.75, 3.05) is 24.5 Å². The first-order chi connectivity index (χ1) is 14.4. The highest BCUT2D eigenvalue weighted by molar-refractivity contribution is 7.89. The molecule has 0 amide bonds. The van der Waals surface area contributed by atoms with Gasteiger partial charge in [-0.25, -0.2) is 8.42 Å². The molecule has 0 spiro atoms. The molecule has 0 radical (unpaired) electrons. The maximum Gasteiger partial charge on any atom is 0.249 e. The minimum absolute atomic E-state index is 0.236. The first kappa shape index (κ1) is 20.9. The molecule has 2 aromatic rings. The zero-order valence-electron chi connectivity index (χ0n) is 17.7. The number of sulfonamides is 1. The molecule has 0 aliphatic carbocycles. The Hall–Kier alpha value is -2.31. The van der Waals surface area contributed by atoms with Gasteiger partial charge in [-0.05, 0) is 43.4 Å². The standard InChI is InChI=1S/C24H30N2O3S/c1-4-15-26-19(3)23(20-11-6-5-7-12-20)29-22-14-8-13-21(24(22)30(26,27)28)25-16-9-10-18(2)17-25/h4-8,11-14,18-19,23H,1,9-10,15-17H2,2-3H3/t18?,19-,23+/m0/s1. The van der Waals surface area contributed by atoms with Gasteiger partial charge in [0.1, 0.15) is 16.7 Å². The number of nitrogens with zero attached hydrogens (tertiary/aromatic N) is 2. The van der Waals surface area contributed by atoms with Crippen molar-refractivity contribution in [3.63, 3.8) is 0 Å². The van der Waals surface area contributed by atoms with Gasteiger partial charge in [-0.2, -0.15) is 4.31 Å². The summed E-state index contributed by atoms with van der Waals surface area (Å²) < 4.78 is 35.8. The first-order valence-corrected chi connectivity index (χ1v) is 12.1. The van der Waals surface area contributed by atoms with Crippen molar-refractivity contribution < 1.29 is 13.2 Å². The van der Waals surface area contributed by atoms with Crippen LogP contribution in [-0.2, 0) is 10.0 Å². The highest BCUT2D eigenvalue weighted by atomic mass is 32.2. The zero-order valence-corrected chi connectivity index (χ0v) is 18.5. The average Bonchev–Trinajstić information content (AvgIpc) is 2.83. The molecule has 0 N–H and O–H groups in total. The van der Waals surface area contributed by atoms with E-state index in [9.17, 15) is 8.42 Å². The summed E-state index contributed by atoms with van der Waals surface area (Å²) in [5.74, 6) is 0.960. The third-order valence-electron chi connectivity index (χ3n) is 6.11. The highest BCUT2D eigenvalue weighted by Crippen LogP contribution is 2.44. The quantitative estimate of drug-likeness (QED) is 0.670. The summed E-state index contributed by atoms with van der Waals surface area (Å²) in [4.78, 5) is 2.49. The van der Waals surface area contributed by atoms with E-state index in [0.717, 1.165) is 30.8 Å². The van der Waals surface area contributed by atoms with Crippen LogP contribution in [0.3, 0.4) is 0 Å². The van der Waals surface area contributed by atoms with Crippen molar-refractivity contribution >= 4 is 15.7 Å². The predicted molar refractivity (Wildman–Crippen MR) is 120 cm³/mol.